The second kappa shape index (κ2) is 5.73. The van der Waals surface area contributed by atoms with E-state index in [1.807, 2.05) is 12.1 Å². The van der Waals surface area contributed by atoms with Crippen molar-refractivity contribution >= 4 is 0 Å². The molecule has 0 aliphatic rings. The average Bonchev–Trinajstić information content (AvgIpc) is 2.18. The molecule has 0 aromatic heterocycles. The maximum atomic E-state index is 9.27. The predicted molar refractivity (Wildman–Crippen MR) is 60.7 cm³/mol. The Morgan fingerprint density at radius 2 is 2.07 bits per heavy atom. The number of hydrogen-bond donors (Lipinski definition) is 3. The summed E-state index contributed by atoms with van der Waals surface area (Å²) in [5.41, 5.74) is 1.02. The zero-order valence-corrected chi connectivity index (χ0v) is 9.27. The summed E-state index contributed by atoms with van der Waals surface area (Å²) in [4.78, 5) is 0. The van der Waals surface area contributed by atoms with Gasteiger partial charge >= 0.3 is 0 Å². The summed E-state index contributed by atoms with van der Waals surface area (Å²) in [6.07, 6.45) is 0. The number of aromatic hydroxyl groups is 1. The third-order valence-electron chi connectivity index (χ3n) is 2.48. The summed E-state index contributed by atoms with van der Waals surface area (Å²) >= 11 is 0. The van der Waals surface area contributed by atoms with Crippen molar-refractivity contribution in [2.24, 2.45) is 5.92 Å². The topological polar surface area (TPSA) is 52.5 Å². The molecule has 0 saturated heterocycles. The van der Waals surface area contributed by atoms with E-state index in [1.54, 1.807) is 12.1 Å². The van der Waals surface area contributed by atoms with Crippen LogP contribution in [0.4, 0.5) is 0 Å². The van der Waals surface area contributed by atoms with Gasteiger partial charge in [0.25, 0.3) is 0 Å². The molecule has 15 heavy (non-hydrogen) atoms. The van der Waals surface area contributed by atoms with Crippen molar-refractivity contribution in [1.29, 1.82) is 0 Å². The molecule has 1 rings (SSSR count). The molecular weight excluding hydrogens is 190 g/mol. The molecular formula is C12H19NO2. The quantitative estimate of drug-likeness (QED) is 0.689. The lowest BCUT2D eigenvalue weighted by Crippen LogP contribution is -2.36. The molecule has 3 heteroatoms. The van der Waals surface area contributed by atoms with E-state index in [0.717, 1.165) is 5.56 Å². The lowest BCUT2D eigenvalue weighted by Gasteiger charge is -2.19. The largest absolute Gasteiger partial charge is 0.508 e. The summed E-state index contributed by atoms with van der Waals surface area (Å²) < 4.78 is 0. The minimum Gasteiger partial charge on any atom is -0.508 e. The van der Waals surface area contributed by atoms with Gasteiger partial charge in [0.2, 0.25) is 0 Å². The van der Waals surface area contributed by atoms with E-state index < -0.39 is 0 Å². The highest BCUT2D eigenvalue weighted by Crippen LogP contribution is 2.11. The van der Waals surface area contributed by atoms with E-state index in [-0.39, 0.29) is 18.4 Å². The lowest BCUT2D eigenvalue weighted by molar-refractivity contribution is 0.210. The SMILES string of the molecule is CC(C)[C@@H](CO)NCc1cccc(O)c1. The molecule has 0 unspecified atom stereocenters. The smallest absolute Gasteiger partial charge is 0.115 e. The molecule has 0 saturated carbocycles. The fourth-order valence-electron chi connectivity index (χ4n) is 1.43. The van der Waals surface area contributed by atoms with Crippen LogP contribution < -0.4 is 5.32 Å². The van der Waals surface area contributed by atoms with Crippen molar-refractivity contribution in [2.75, 3.05) is 6.61 Å². The molecule has 3 N–H and O–H groups in total. The van der Waals surface area contributed by atoms with Crippen LogP contribution in [0.15, 0.2) is 24.3 Å². The van der Waals surface area contributed by atoms with Gasteiger partial charge in [-0.05, 0) is 23.6 Å². The van der Waals surface area contributed by atoms with Crippen molar-refractivity contribution < 1.29 is 10.2 Å². The van der Waals surface area contributed by atoms with Gasteiger partial charge in [0.05, 0.1) is 6.61 Å². The third-order valence-corrected chi connectivity index (χ3v) is 2.48. The van der Waals surface area contributed by atoms with Crippen LogP contribution in [0.25, 0.3) is 0 Å². The fraction of sp³-hybridized carbons (Fsp3) is 0.500. The molecule has 0 bridgehead atoms. The molecule has 1 aromatic carbocycles. The number of aliphatic hydroxyl groups is 1. The van der Waals surface area contributed by atoms with Gasteiger partial charge in [-0.15, -0.1) is 0 Å². The first-order chi connectivity index (χ1) is 7.13. The number of rotatable bonds is 5. The molecule has 0 amide bonds. The van der Waals surface area contributed by atoms with Crippen molar-refractivity contribution in [3.05, 3.63) is 29.8 Å². The summed E-state index contributed by atoms with van der Waals surface area (Å²) in [7, 11) is 0. The van der Waals surface area contributed by atoms with Gasteiger partial charge < -0.3 is 15.5 Å². The van der Waals surface area contributed by atoms with Gasteiger partial charge in [0.1, 0.15) is 5.75 Å². The number of nitrogens with one attached hydrogen (secondary N) is 1. The van der Waals surface area contributed by atoms with Crippen LogP contribution in [0.5, 0.6) is 5.75 Å². The van der Waals surface area contributed by atoms with Crippen molar-refractivity contribution in [2.45, 2.75) is 26.4 Å². The first-order valence-corrected chi connectivity index (χ1v) is 5.25. The lowest BCUT2D eigenvalue weighted by atomic mass is 10.1. The summed E-state index contributed by atoms with van der Waals surface area (Å²) in [5.74, 6) is 0.673. The minimum atomic E-state index is 0.104. The molecule has 3 nitrogen and oxygen atoms in total. The van der Waals surface area contributed by atoms with E-state index in [4.69, 9.17) is 5.11 Å². The van der Waals surface area contributed by atoms with Crippen LogP contribution in [0.3, 0.4) is 0 Å². The molecule has 0 heterocycles. The van der Waals surface area contributed by atoms with E-state index in [9.17, 15) is 5.11 Å². The van der Waals surface area contributed by atoms with Crippen molar-refractivity contribution in [3.8, 4) is 5.75 Å². The fourth-order valence-corrected chi connectivity index (χ4v) is 1.43. The van der Waals surface area contributed by atoms with Crippen LogP contribution in [0, 0.1) is 5.92 Å². The zero-order chi connectivity index (χ0) is 11.3. The summed E-state index contributed by atoms with van der Waals surface area (Å²) in [6.45, 7) is 4.93. The second-order valence-corrected chi connectivity index (χ2v) is 4.08. The Kier molecular flexibility index (Phi) is 4.59. The van der Waals surface area contributed by atoms with E-state index in [2.05, 4.69) is 19.2 Å². The standard InChI is InChI=1S/C12H19NO2/c1-9(2)12(8-14)13-7-10-4-3-5-11(15)6-10/h3-6,9,12-15H,7-8H2,1-2H3/t12-/m1/s1. The molecule has 0 aliphatic carbocycles. The van der Waals surface area contributed by atoms with Gasteiger partial charge in [-0.2, -0.15) is 0 Å². The van der Waals surface area contributed by atoms with Gasteiger partial charge in [0, 0.05) is 12.6 Å². The van der Waals surface area contributed by atoms with Gasteiger partial charge in [-0.1, -0.05) is 26.0 Å². The average molecular weight is 209 g/mol. The van der Waals surface area contributed by atoms with Crippen LogP contribution in [0.1, 0.15) is 19.4 Å². The second-order valence-electron chi connectivity index (χ2n) is 4.08. The normalized spacial score (nSPS) is 13.1. The van der Waals surface area contributed by atoms with E-state index in [0.29, 0.717) is 12.5 Å². The Balaban J connectivity index is 2.49. The minimum absolute atomic E-state index is 0.104. The first-order valence-electron chi connectivity index (χ1n) is 5.25. The molecule has 0 spiro atoms. The van der Waals surface area contributed by atoms with Crippen LogP contribution in [0.2, 0.25) is 0 Å². The highest BCUT2D eigenvalue weighted by molar-refractivity contribution is 5.26. The van der Waals surface area contributed by atoms with Crippen LogP contribution in [-0.2, 0) is 6.54 Å². The van der Waals surface area contributed by atoms with Gasteiger partial charge in [-0.25, -0.2) is 0 Å². The molecule has 1 aromatic rings. The molecule has 1 atom stereocenters. The Hall–Kier alpha value is -1.06. The maximum absolute atomic E-state index is 9.27. The van der Waals surface area contributed by atoms with Crippen LogP contribution in [-0.4, -0.2) is 22.9 Å². The maximum Gasteiger partial charge on any atom is 0.115 e. The number of aliphatic hydroxyl groups excluding tert-OH is 1. The number of phenols is 1. The molecule has 0 radical (unpaired) electrons. The summed E-state index contributed by atoms with van der Waals surface area (Å²) in [5, 5.41) is 21.6. The zero-order valence-electron chi connectivity index (χ0n) is 9.27. The summed E-state index contributed by atoms with van der Waals surface area (Å²) in [6, 6.07) is 7.24. The van der Waals surface area contributed by atoms with Crippen molar-refractivity contribution in [3.63, 3.8) is 0 Å². The van der Waals surface area contributed by atoms with Crippen LogP contribution >= 0.6 is 0 Å². The first kappa shape index (κ1) is 12.0. The Morgan fingerprint density at radius 1 is 1.33 bits per heavy atom. The Labute approximate surface area is 90.8 Å². The van der Waals surface area contributed by atoms with E-state index >= 15 is 0 Å². The van der Waals surface area contributed by atoms with Gasteiger partial charge in [-0.3, -0.25) is 0 Å². The Bertz CT molecular complexity index is 299. The third kappa shape index (κ3) is 3.90. The Morgan fingerprint density at radius 3 is 2.60 bits per heavy atom. The van der Waals surface area contributed by atoms with Crippen molar-refractivity contribution in [1.82, 2.24) is 5.32 Å². The number of benzene rings is 1. The van der Waals surface area contributed by atoms with Gasteiger partial charge in [0.15, 0.2) is 0 Å². The molecule has 0 aliphatic heterocycles. The highest BCUT2D eigenvalue weighted by atomic mass is 16.3. The number of phenolic OH excluding ortho intramolecular Hbond substituents is 1. The molecule has 0 fully saturated rings. The monoisotopic (exact) mass is 209 g/mol. The predicted octanol–water partition coefficient (Wildman–Crippen LogP) is 1.50. The molecule has 84 valence electrons. The highest BCUT2D eigenvalue weighted by Gasteiger charge is 2.10. The van der Waals surface area contributed by atoms with E-state index in [1.165, 1.54) is 0 Å². The number of hydrogen-bond acceptors (Lipinski definition) is 3.